The second kappa shape index (κ2) is 7.00. The molecule has 2 aromatic rings. The predicted molar refractivity (Wildman–Crippen MR) is 87.1 cm³/mol. The molecule has 0 spiro atoms. The molecule has 21 heavy (non-hydrogen) atoms. The molecule has 1 atom stereocenters. The number of benzene rings is 1. The second-order valence-electron chi connectivity index (χ2n) is 5.26. The number of aromatic carboxylic acids is 1. The lowest BCUT2D eigenvalue weighted by molar-refractivity contribution is 0.0661. The van der Waals surface area contributed by atoms with Crippen molar-refractivity contribution in [2.24, 2.45) is 0 Å². The molecule has 1 N–H and O–H groups in total. The molecule has 114 valence electrons. The van der Waals surface area contributed by atoms with Crippen LogP contribution in [-0.4, -0.2) is 41.1 Å². The first kappa shape index (κ1) is 15.9. The van der Waals surface area contributed by atoms with E-state index in [1.165, 1.54) is 0 Å². The van der Waals surface area contributed by atoms with Crippen molar-refractivity contribution in [3.63, 3.8) is 0 Å². The first-order valence-corrected chi connectivity index (χ1v) is 8.36. The molecule has 0 amide bonds. The van der Waals surface area contributed by atoms with Crippen molar-refractivity contribution in [1.29, 1.82) is 0 Å². The molecule has 5 heteroatoms. The van der Waals surface area contributed by atoms with Gasteiger partial charge in [-0.25, -0.2) is 4.79 Å². The molecule has 0 aliphatic heterocycles. The summed E-state index contributed by atoms with van der Waals surface area (Å²) in [5.74, 6) is 0.148. The van der Waals surface area contributed by atoms with Gasteiger partial charge in [0.1, 0.15) is 5.58 Å². The van der Waals surface area contributed by atoms with E-state index in [4.69, 9.17) is 4.42 Å². The summed E-state index contributed by atoms with van der Waals surface area (Å²) in [6.45, 7) is 2.74. The van der Waals surface area contributed by atoms with Crippen LogP contribution in [0.25, 0.3) is 11.0 Å². The molecular formula is C16H21NO3S. The topological polar surface area (TPSA) is 53.7 Å². The number of hydrogen-bond donors (Lipinski definition) is 1. The zero-order chi connectivity index (χ0) is 15.4. The maximum atomic E-state index is 11.4. The fraction of sp³-hybridized carbons (Fsp3) is 0.438. The molecule has 4 nitrogen and oxygen atoms in total. The van der Waals surface area contributed by atoms with Gasteiger partial charge < -0.3 is 9.52 Å². The number of hydrogen-bond acceptors (Lipinski definition) is 4. The Bertz CT molecular complexity index is 623. The number of para-hydroxylation sites is 1. The van der Waals surface area contributed by atoms with E-state index < -0.39 is 5.97 Å². The number of fused-ring (bicyclic) bond motifs is 1. The second-order valence-corrected chi connectivity index (χ2v) is 6.24. The number of furan rings is 1. The minimum Gasteiger partial charge on any atom is -0.475 e. The number of rotatable bonds is 7. The maximum Gasteiger partial charge on any atom is 0.372 e. The highest BCUT2D eigenvalue weighted by Crippen LogP contribution is 2.27. The number of carboxylic acids is 1. The molecular weight excluding hydrogens is 286 g/mol. The third kappa shape index (κ3) is 3.60. The third-order valence-corrected chi connectivity index (χ3v) is 4.44. The van der Waals surface area contributed by atoms with Crippen LogP contribution in [0.3, 0.4) is 0 Å². The van der Waals surface area contributed by atoms with Crippen molar-refractivity contribution in [2.75, 3.05) is 19.1 Å². The Morgan fingerprint density at radius 2 is 2.14 bits per heavy atom. The van der Waals surface area contributed by atoms with Crippen LogP contribution < -0.4 is 0 Å². The molecule has 0 bridgehead atoms. The Morgan fingerprint density at radius 3 is 2.81 bits per heavy atom. The van der Waals surface area contributed by atoms with Crippen LogP contribution in [0, 0.1) is 0 Å². The highest BCUT2D eigenvalue weighted by Gasteiger charge is 2.22. The van der Waals surface area contributed by atoms with Crippen molar-refractivity contribution in [3.8, 4) is 0 Å². The van der Waals surface area contributed by atoms with Gasteiger partial charge in [0.05, 0.1) is 0 Å². The summed E-state index contributed by atoms with van der Waals surface area (Å²) in [6.07, 6.45) is 3.18. The fourth-order valence-corrected chi connectivity index (χ4v) is 2.92. The molecule has 0 aliphatic rings. The summed E-state index contributed by atoms with van der Waals surface area (Å²) in [5, 5.41) is 10.2. The van der Waals surface area contributed by atoms with Gasteiger partial charge >= 0.3 is 5.97 Å². The number of nitrogens with zero attached hydrogens (tertiary/aromatic N) is 1. The largest absolute Gasteiger partial charge is 0.475 e. The van der Waals surface area contributed by atoms with Gasteiger partial charge in [0.25, 0.3) is 0 Å². The van der Waals surface area contributed by atoms with Crippen molar-refractivity contribution in [3.05, 3.63) is 35.6 Å². The zero-order valence-electron chi connectivity index (χ0n) is 12.6. The minimum absolute atomic E-state index is 0.0557. The summed E-state index contributed by atoms with van der Waals surface area (Å²) in [5.41, 5.74) is 1.40. The molecule has 0 radical (unpaired) electrons. The Morgan fingerprint density at radius 1 is 1.43 bits per heavy atom. The van der Waals surface area contributed by atoms with E-state index in [0.717, 1.165) is 23.1 Å². The van der Waals surface area contributed by atoms with E-state index in [1.807, 2.05) is 43.1 Å². The van der Waals surface area contributed by atoms with Gasteiger partial charge in [-0.05, 0) is 38.5 Å². The minimum atomic E-state index is -1.01. The number of carboxylic acid groups (broad SMARTS) is 1. The first-order chi connectivity index (χ1) is 10.0. The molecule has 1 aromatic heterocycles. The summed E-state index contributed by atoms with van der Waals surface area (Å²) >= 11 is 1.83. The van der Waals surface area contributed by atoms with Crippen molar-refractivity contribution in [1.82, 2.24) is 4.90 Å². The first-order valence-electron chi connectivity index (χ1n) is 6.97. The van der Waals surface area contributed by atoms with E-state index in [2.05, 4.69) is 18.1 Å². The standard InChI is InChI=1S/C16H21NO3S/c1-11(8-9-21-3)17(2)10-13-12-6-4-5-7-14(12)20-15(13)16(18)19/h4-7,11H,8-10H2,1-3H3,(H,18,19). The lowest BCUT2D eigenvalue weighted by atomic mass is 10.1. The van der Waals surface area contributed by atoms with Crippen LogP contribution in [0.15, 0.2) is 28.7 Å². The summed E-state index contributed by atoms with van der Waals surface area (Å²) in [7, 11) is 2.03. The smallest absolute Gasteiger partial charge is 0.372 e. The van der Waals surface area contributed by atoms with Crippen molar-refractivity contribution in [2.45, 2.75) is 25.9 Å². The van der Waals surface area contributed by atoms with E-state index in [9.17, 15) is 9.90 Å². The highest BCUT2D eigenvalue weighted by atomic mass is 32.2. The fourth-order valence-electron chi connectivity index (χ4n) is 2.34. The van der Waals surface area contributed by atoms with Crippen LogP contribution in [-0.2, 0) is 6.54 Å². The molecule has 1 unspecified atom stereocenters. The lowest BCUT2D eigenvalue weighted by Crippen LogP contribution is -2.29. The van der Waals surface area contributed by atoms with Crippen LogP contribution in [0.4, 0.5) is 0 Å². The Balaban J connectivity index is 2.28. The van der Waals surface area contributed by atoms with Crippen molar-refractivity contribution >= 4 is 28.7 Å². The van der Waals surface area contributed by atoms with Crippen LogP contribution in [0.5, 0.6) is 0 Å². The zero-order valence-corrected chi connectivity index (χ0v) is 13.4. The van der Waals surface area contributed by atoms with Gasteiger partial charge in [-0.1, -0.05) is 18.2 Å². The Hall–Kier alpha value is -1.46. The van der Waals surface area contributed by atoms with Gasteiger partial charge in [-0.15, -0.1) is 0 Å². The molecule has 0 saturated heterocycles. The third-order valence-electron chi connectivity index (χ3n) is 3.79. The summed E-state index contributed by atoms with van der Waals surface area (Å²) in [6, 6.07) is 7.88. The van der Waals surface area contributed by atoms with Gasteiger partial charge in [0, 0.05) is 23.5 Å². The van der Waals surface area contributed by atoms with Crippen LogP contribution in [0.2, 0.25) is 0 Å². The number of carbonyl (C=O) groups is 1. The number of thioether (sulfide) groups is 1. The summed E-state index contributed by atoms with van der Waals surface area (Å²) < 4.78 is 5.49. The van der Waals surface area contributed by atoms with E-state index in [1.54, 1.807) is 0 Å². The Labute approximate surface area is 129 Å². The molecule has 2 rings (SSSR count). The maximum absolute atomic E-state index is 11.4. The molecule has 0 saturated carbocycles. The molecule has 1 aromatic carbocycles. The van der Waals surface area contributed by atoms with Gasteiger partial charge in [0.2, 0.25) is 5.76 Å². The van der Waals surface area contributed by atoms with E-state index >= 15 is 0 Å². The van der Waals surface area contributed by atoms with Gasteiger partial charge in [-0.2, -0.15) is 11.8 Å². The molecule has 1 heterocycles. The van der Waals surface area contributed by atoms with Gasteiger partial charge in [-0.3, -0.25) is 4.90 Å². The highest BCUT2D eigenvalue weighted by molar-refractivity contribution is 7.98. The average molecular weight is 307 g/mol. The summed E-state index contributed by atoms with van der Waals surface area (Å²) in [4.78, 5) is 13.6. The molecule has 0 fully saturated rings. The average Bonchev–Trinajstić information content (AvgIpc) is 2.84. The Kier molecular flexibility index (Phi) is 5.31. The van der Waals surface area contributed by atoms with Crippen LogP contribution in [0.1, 0.15) is 29.5 Å². The van der Waals surface area contributed by atoms with Crippen molar-refractivity contribution < 1.29 is 14.3 Å². The van der Waals surface area contributed by atoms with Gasteiger partial charge in [0.15, 0.2) is 0 Å². The lowest BCUT2D eigenvalue weighted by Gasteiger charge is -2.24. The predicted octanol–water partition coefficient (Wildman–Crippen LogP) is 3.70. The quantitative estimate of drug-likeness (QED) is 0.845. The van der Waals surface area contributed by atoms with E-state index in [0.29, 0.717) is 18.2 Å². The normalized spacial score (nSPS) is 13.0. The van der Waals surface area contributed by atoms with E-state index in [-0.39, 0.29) is 5.76 Å². The van der Waals surface area contributed by atoms with Crippen LogP contribution >= 0.6 is 11.8 Å². The monoisotopic (exact) mass is 307 g/mol. The molecule has 0 aliphatic carbocycles. The SMILES string of the molecule is CSCCC(C)N(C)Cc1c(C(=O)O)oc2ccccc12.